The highest BCUT2D eigenvalue weighted by Gasteiger charge is 2.37. The van der Waals surface area contributed by atoms with Gasteiger partial charge in [0.15, 0.2) is 0 Å². The molecule has 13 heavy (non-hydrogen) atoms. The third kappa shape index (κ3) is 2.15. The van der Waals surface area contributed by atoms with Crippen LogP contribution in [0.15, 0.2) is 0 Å². The van der Waals surface area contributed by atoms with Crippen molar-refractivity contribution in [2.24, 2.45) is 5.92 Å². The zero-order chi connectivity index (χ0) is 8.55. The second-order valence-electron chi connectivity index (χ2n) is 3.94. The molecule has 0 amide bonds. The van der Waals surface area contributed by atoms with E-state index in [1.54, 1.807) is 0 Å². The molecule has 0 aromatic rings. The number of aliphatic carboxylic acids is 1. The van der Waals surface area contributed by atoms with E-state index in [0.29, 0.717) is 12.0 Å². The number of hydrogen-bond donors (Lipinski definition) is 2. The molecule has 4 heteroatoms. The van der Waals surface area contributed by atoms with E-state index >= 15 is 0 Å². The monoisotopic (exact) mass is 205 g/mol. The van der Waals surface area contributed by atoms with Crippen molar-refractivity contribution in [2.45, 2.75) is 44.2 Å². The Kier molecular flexibility index (Phi) is 3.56. The zero-order valence-electron chi connectivity index (χ0n) is 7.53. The van der Waals surface area contributed by atoms with Crippen molar-refractivity contribution < 1.29 is 9.90 Å². The molecule has 0 radical (unpaired) electrons. The van der Waals surface area contributed by atoms with E-state index < -0.39 is 5.97 Å². The predicted molar refractivity (Wildman–Crippen MR) is 52.2 cm³/mol. The lowest BCUT2D eigenvalue weighted by molar-refractivity contribution is -0.139. The van der Waals surface area contributed by atoms with E-state index in [0.717, 1.165) is 6.42 Å². The van der Waals surface area contributed by atoms with Gasteiger partial charge in [0.25, 0.3) is 0 Å². The van der Waals surface area contributed by atoms with Crippen LogP contribution in [0.3, 0.4) is 0 Å². The highest BCUT2D eigenvalue weighted by atomic mass is 35.5. The van der Waals surface area contributed by atoms with Crippen molar-refractivity contribution in [1.82, 2.24) is 5.32 Å². The van der Waals surface area contributed by atoms with Crippen molar-refractivity contribution in [3.8, 4) is 0 Å². The largest absolute Gasteiger partial charge is 0.480 e. The first-order valence-corrected chi connectivity index (χ1v) is 4.76. The number of carboxylic acid groups (broad SMARTS) is 1. The average Bonchev–Trinajstić information content (AvgIpc) is 2.46. The van der Waals surface area contributed by atoms with Crippen LogP contribution in [0.5, 0.6) is 0 Å². The minimum Gasteiger partial charge on any atom is -0.480 e. The van der Waals surface area contributed by atoms with Crippen LogP contribution in [0.2, 0.25) is 0 Å². The summed E-state index contributed by atoms with van der Waals surface area (Å²) in [6.45, 7) is 0. The Morgan fingerprint density at radius 3 is 2.62 bits per heavy atom. The molecule has 2 aliphatic rings. The van der Waals surface area contributed by atoms with Crippen molar-refractivity contribution in [1.29, 1.82) is 0 Å². The molecular formula is C9H16ClNO2. The van der Waals surface area contributed by atoms with Gasteiger partial charge in [-0.25, -0.2) is 0 Å². The molecule has 1 aliphatic heterocycles. The van der Waals surface area contributed by atoms with E-state index in [9.17, 15) is 4.79 Å². The minimum atomic E-state index is -0.676. The number of hydrogen-bond acceptors (Lipinski definition) is 2. The summed E-state index contributed by atoms with van der Waals surface area (Å²) < 4.78 is 0. The second-order valence-corrected chi connectivity index (χ2v) is 3.94. The SMILES string of the molecule is Cl.O=C(O)[C@@H]1C[C@H]2CCCC[C@H]2N1. The summed E-state index contributed by atoms with van der Waals surface area (Å²) in [4.78, 5) is 10.7. The smallest absolute Gasteiger partial charge is 0.320 e. The third-order valence-corrected chi connectivity index (χ3v) is 3.16. The molecule has 3 nitrogen and oxygen atoms in total. The van der Waals surface area contributed by atoms with Crippen LogP contribution in [0.1, 0.15) is 32.1 Å². The summed E-state index contributed by atoms with van der Waals surface area (Å²) in [6, 6.07) is 0.234. The van der Waals surface area contributed by atoms with Crippen LogP contribution in [-0.2, 0) is 4.79 Å². The molecular weight excluding hydrogens is 190 g/mol. The molecule has 3 atom stereocenters. The third-order valence-electron chi connectivity index (χ3n) is 3.16. The first-order valence-electron chi connectivity index (χ1n) is 4.76. The molecule has 0 aromatic carbocycles. The number of carboxylic acids is 1. The maximum atomic E-state index is 10.7. The summed E-state index contributed by atoms with van der Waals surface area (Å²) in [5, 5.41) is 12.0. The van der Waals surface area contributed by atoms with Crippen molar-refractivity contribution in [2.75, 3.05) is 0 Å². The van der Waals surface area contributed by atoms with E-state index in [-0.39, 0.29) is 18.4 Å². The summed E-state index contributed by atoms with van der Waals surface area (Å²) in [7, 11) is 0. The Morgan fingerprint density at radius 2 is 2.00 bits per heavy atom. The molecule has 2 rings (SSSR count). The van der Waals surface area contributed by atoms with Crippen molar-refractivity contribution in [3.63, 3.8) is 0 Å². The number of fused-ring (bicyclic) bond motifs is 1. The maximum absolute atomic E-state index is 10.7. The molecule has 2 fully saturated rings. The fourth-order valence-corrected chi connectivity index (χ4v) is 2.51. The predicted octanol–water partition coefficient (Wildman–Crippen LogP) is 1.41. The fourth-order valence-electron chi connectivity index (χ4n) is 2.51. The molecule has 0 aromatic heterocycles. The Labute approximate surface area is 84.3 Å². The normalized spacial score (nSPS) is 37.7. The summed E-state index contributed by atoms with van der Waals surface area (Å²) in [6.07, 6.45) is 5.80. The van der Waals surface area contributed by atoms with Gasteiger partial charge in [-0.2, -0.15) is 0 Å². The molecule has 2 N–H and O–H groups in total. The lowest BCUT2D eigenvalue weighted by Gasteiger charge is -2.24. The van der Waals surface area contributed by atoms with E-state index in [1.165, 1.54) is 25.7 Å². The summed E-state index contributed by atoms with van der Waals surface area (Å²) >= 11 is 0. The van der Waals surface area contributed by atoms with Crippen LogP contribution in [-0.4, -0.2) is 23.2 Å². The van der Waals surface area contributed by atoms with Crippen LogP contribution in [0.4, 0.5) is 0 Å². The van der Waals surface area contributed by atoms with Gasteiger partial charge in [0, 0.05) is 6.04 Å². The van der Waals surface area contributed by atoms with Gasteiger partial charge < -0.3 is 10.4 Å². The van der Waals surface area contributed by atoms with E-state index in [4.69, 9.17) is 5.11 Å². The highest BCUT2D eigenvalue weighted by Crippen LogP contribution is 2.32. The van der Waals surface area contributed by atoms with E-state index in [2.05, 4.69) is 5.32 Å². The van der Waals surface area contributed by atoms with Gasteiger partial charge in [0.2, 0.25) is 0 Å². The molecule has 0 unspecified atom stereocenters. The molecule has 1 aliphatic carbocycles. The van der Waals surface area contributed by atoms with Crippen LogP contribution in [0.25, 0.3) is 0 Å². The van der Waals surface area contributed by atoms with Gasteiger partial charge in [-0.1, -0.05) is 12.8 Å². The van der Waals surface area contributed by atoms with Gasteiger partial charge in [0.1, 0.15) is 6.04 Å². The number of rotatable bonds is 1. The van der Waals surface area contributed by atoms with Gasteiger partial charge in [-0.05, 0) is 25.2 Å². The Hall–Kier alpha value is -0.280. The van der Waals surface area contributed by atoms with E-state index in [1.807, 2.05) is 0 Å². The molecule has 0 spiro atoms. The number of halogens is 1. The van der Waals surface area contributed by atoms with Crippen LogP contribution in [0, 0.1) is 5.92 Å². The number of carbonyl (C=O) groups is 1. The Bertz CT molecular complexity index is 184. The maximum Gasteiger partial charge on any atom is 0.320 e. The fraction of sp³-hybridized carbons (Fsp3) is 0.889. The Balaban J connectivity index is 0.000000845. The van der Waals surface area contributed by atoms with Crippen molar-refractivity contribution >= 4 is 18.4 Å². The molecule has 0 bridgehead atoms. The van der Waals surface area contributed by atoms with Gasteiger partial charge in [-0.15, -0.1) is 12.4 Å². The molecule has 1 saturated heterocycles. The second kappa shape index (κ2) is 4.29. The molecule has 1 saturated carbocycles. The average molecular weight is 206 g/mol. The number of nitrogens with one attached hydrogen (secondary N) is 1. The summed E-state index contributed by atoms with van der Waals surface area (Å²) in [5.74, 6) is -0.0377. The first kappa shape index (κ1) is 10.8. The zero-order valence-corrected chi connectivity index (χ0v) is 8.35. The van der Waals surface area contributed by atoms with Gasteiger partial charge in [-0.3, -0.25) is 4.79 Å². The lowest BCUT2D eigenvalue weighted by atomic mass is 9.85. The van der Waals surface area contributed by atoms with Gasteiger partial charge >= 0.3 is 5.97 Å². The topological polar surface area (TPSA) is 49.3 Å². The quantitative estimate of drug-likeness (QED) is 0.681. The van der Waals surface area contributed by atoms with Gasteiger partial charge in [0.05, 0.1) is 0 Å². The van der Waals surface area contributed by atoms with Crippen LogP contribution >= 0.6 is 12.4 Å². The first-order chi connectivity index (χ1) is 5.77. The standard InChI is InChI=1S/C9H15NO2.ClH/c11-9(12)8-5-6-3-1-2-4-7(6)10-8;/h6-8,10H,1-5H2,(H,11,12);1H/t6-,7-,8+;/m1./s1. The molecule has 1 heterocycles. The van der Waals surface area contributed by atoms with Crippen molar-refractivity contribution in [3.05, 3.63) is 0 Å². The summed E-state index contributed by atoms with van der Waals surface area (Å²) in [5.41, 5.74) is 0. The minimum absolute atomic E-state index is 0. The Morgan fingerprint density at radius 1 is 1.31 bits per heavy atom. The highest BCUT2D eigenvalue weighted by molar-refractivity contribution is 5.85. The lowest BCUT2D eigenvalue weighted by Crippen LogP contribution is -2.36. The van der Waals surface area contributed by atoms with Crippen LogP contribution < -0.4 is 5.32 Å². The molecule has 76 valence electrons.